The molecule has 1 heterocycles. The van der Waals surface area contributed by atoms with Crippen molar-refractivity contribution in [3.05, 3.63) is 15.6 Å². The first-order chi connectivity index (χ1) is 7.16. The number of aliphatic hydroxyl groups is 1. The van der Waals surface area contributed by atoms with Crippen LogP contribution in [0.15, 0.2) is 0 Å². The van der Waals surface area contributed by atoms with Gasteiger partial charge in [0.1, 0.15) is 5.01 Å². The van der Waals surface area contributed by atoms with Crippen LogP contribution in [-0.2, 0) is 12.2 Å². The van der Waals surface area contributed by atoms with Gasteiger partial charge >= 0.3 is 0 Å². The van der Waals surface area contributed by atoms with E-state index in [0.29, 0.717) is 5.25 Å². The van der Waals surface area contributed by atoms with Crippen LogP contribution in [0.5, 0.6) is 0 Å². The lowest BCUT2D eigenvalue weighted by atomic mass is 10.0. The van der Waals surface area contributed by atoms with Crippen LogP contribution in [-0.4, -0.2) is 15.3 Å². The van der Waals surface area contributed by atoms with Gasteiger partial charge in [0.2, 0.25) is 0 Å². The topological polar surface area (TPSA) is 33.1 Å². The molecule has 1 aliphatic rings. The first-order valence-corrected chi connectivity index (χ1v) is 7.31. The third-order valence-electron chi connectivity index (χ3n) is 2.51. The summed E-state index contributed by atoms with van der Waals surface area (Å²) in [5.41, 5.74) is 1.15. The molecule has 0 fully saturated rings. The number of aromatic nitrogens is 1. The molecular formula is C11H17NOS2. The van der Waals surface area contributed by atoms with Gasteiger partial charge in [0.25, 0.3) is 0 Å². The SMILES string of the molecule is CC(C)SCc1nc2c(s1)C(O)CCC2. The highest BCUT2D eigenvalue weighted by Crippen LogP contribution is 2.35. The number of nitrogens with zero attached hydrogens (tertiary/aromatic N) is 1. The van der Waals surface area contributed by atoms with Crippen LogP contribution in [0.1, 0.15) is 48.4 Å². The van der Waals surface area contributed by atoms with Gasteiger partial charge < -0.3 is 5.11 Å². The molecule has 84 valence electrons. The van der Waals surface area contributed by atoms with Crippen LogP contribution in [0.3, 0.4) is 0 Å². The number of aryl methyl sites for hydroxylation is 1. The summed E-state index contributed by atoms with van der Waals surface area (Å²) in [4.78, 5) is 5.74. The van der Waals surface area contributed by atoms with E-state index in [9.17, 15) is 5.11 Å². The third kappa shape index (κ3) is 2.74. The number of hydrogen-bond acceptors (Lipinski definition) is 4. The van der Waals surface area contributed by atoms with Crippen molar-refractivity contribution < 1.29 is 5.11 Å². The molecule has 0 radical (unpaired) electrons. The third-order valence-corrected chi connectivity index (χ3v) is 4.99. The van der Waals surface area contributed by atoms with Gasteiger partial charge in [0.15, 0.2) is 0 Å². The Bertz CT molecular complexity index is 335. The Morgan fingerprint density at radius 3 is 3.07 bits per heavy atom. The van der Waals surface area contributed by atoms with Gasteiger partial charge in [0, 0.05) is 5.75 Å². The smallest absolute Gasteiger partial charge is 0.103 e. The van der Waals surface area contributed by atoms with Crippen molar-refractivity contribution in [2.75, 3.05) is 0 Å². The van der Waals surface area contributed by atoms with Gasteiger partial charge in [0.05, 0.1) is 16.7 Å². The maximum absolute atomic E-state index is 9.82. The summed E-state index contributed by atoms with van der Waals surface area (Å²) in [6.45, 7) is 4.40. The number of hydrogen-bond donors (Lipinski definition) is 1. The van der Waals surface area contributed by atoms with Gasteiger partial charge in [-0.15, -0.1) is 11.3 Å². The average Bonchev–Trinajstić information content (AvgIpc) is 2.59. The van der Waals surface area contributed by atoms with E-state index in [1.54, 1.807) is 11.3 Å². The van der Waals surface area contributed by atoms with Gasteiger partial charge in [-0.25, -0.2) is 4.98 Å². The molecule has 1 aromatic heterocycles. The zero-order chi connectivity index (χ0) is 10.8. The highest BCUT2D eigenvalue weighted by Gasteiger charge is 2.22. The molecule has 1 atom stereocenters. The number of fused-ring (bicyclic) bond motifs is 1. The molecule has 2 rings (SSSR count). The fourth-order valence-electron chi connectivity index (χ4n) is 1.75. The Kier molecular flexibility index (Phi) is 3.69. The minimum Gasteiger partial charge on any atom is -0.388 e. The van der Waals surface area contributed by atoms with Crippen LogP contribution >= 0.6 is 23.1 Å². The highest BCUT2D eigenvalue weighted by atomic mass is 32.2. The van der Waals surface area contributed by atoms with E-state index in [2.05, 4.69) is 18.8 Å². The molecule has 0 spiro atoms. The molecule has 2 nitrogen and oxygen atoms in total. The molecule has 0 bridgehead atoms. The Labute approximate surface area is 99.1 Å². The maximum atomic E-state index is 9.82. The molecule has 0 aliphatic heterocycles. The lowest BCUT2D eigenvalue weighted by molar-refractivity contribution is 0.160. The zero-order valence-electron chi connectivity index (χ0n) is 9.19. The summed E-state index contributed by atoms with van der Waals surface area (Å²) in [5, 5.41) is 11.6. The molecule has 0 aromatic carbocycles. The molecule has 1 unspecified atom stereocenters. The summed E-state index contributed by atoms with van der Waals surface area (Å²) in [6, 6.07) is 0. The van der Waals surface area contributed by atoms with Crippen molar-refractivity contribution in [3.63, 3.8) is 0 Å². The standard InChI is InChI=1S/C11H17NOS2/c1-7(2)14-6-10-12-8-4-3-5-9(13)11(8)15-10/h7,9,13H,3-6H2,1-2H3. The number of thiazole rings is 1. The molecule has 1 aliphatic carbocycles. The van der Waals surface area contributed by atoms with Gasteiger partial charge in [-0.2, -0.15) is 11.8 Å². The average molecular weight is 243 g/mol. The predicted molar refractivity (Wildman–Crippen MR) is 66.4 cm³/mol. The van der Waals surface area contributed by atoms with E-state index in [4.69, 9.17) is 0 Å². The molecule has 0 saturated heterocycles. The molecule has 0 amide bonds. The van der Waals surface area contributed by atoms with Gasteiger partial charge in [-0.1, -0.05) is 13.8 Å². The first-order valence-electron chi connectivity index (χ1n) is 5.45. The van der Waals surface area contributed by atoms with E-state index in [1.165, 1.54) is 5.01 Å². The summed E-state index contributed by atoms with van der Waals surface area (Å²) in [5.74, 6) is 0.988. The summed E-state index contributed by atoms with van der Waals surface area (Å²) < 4.78 is 0. The summed E-state index contributed by atoms with van der Waals surface area (Å²) in [7, 11) is 0. The van der Waals surface area contributed by atoms with Crippen LogP contribution < -0.4 is 0 Å². The molecule has 1 aromatic rings. The monoisotopic (exact) mass is 243 g/mol. The van der Waals surface area contributed by atoms with Crippen molar-refractivity contribution in [1.29, 1.82) is 0 Å². The van der Waals surface area contributed by atoms with Crippen LogP contribution in [0.4, 0.5) is 0 Å². The fourth-order valence-corrected chi connectivity index (χ4v) is 3.66. The van der Waals surface area contributed by atoms with Gasteiger partial charge in [-0.3, -0.25) is 0 Å². The molecule has 0 saturated carbocycles. The second-order valence-corrected chi connectivity index (χ2v) is 6.87. The van der Waals surface area contributed by atoms with Crippen LogP contribution in [0.2, 0.25) is 0 Å². The van der Waals surface area contributed by atoms with Crippen molar-refractivity contribution in [3.8, 4) is 0 Å². The minimum atomic E-state index is -0.246. The van der Waals surface area contributed by atoms with Crippen LogP contribution in [0.25, 0.3) is 0 Å². The van der Waals surface area contributed by atoms with E-state index >= 15 is 0 Å². The lowest BCUT2D eigenvalue weighted by Gasteiger charge is -2.14. The first kappa shape index (κ1) is 11.4. The Morgan fingerprint density at radius 1 is 1.60 bits per heavy atom. The van der Waals surface area contributed by atoms with E-state index < -0.39 is 0 Å². The predicted octanol–water partition coefficient (Wildman–Crippen LogP) is 3.15. The Balaban J connectivity index is 2.08. The molecular weight excluding hydrogens is 226 g/mol. The van der Waals surface area contributed by atoms with E-state index in [0.717, 1.165) is 35.6 Å². The Morgan fingerprint density at radius 2 is 2.40 bits per heavy atom. The minimum absolute atomic E-state index is 0.246. The second-order valence-electron chi connectivity index (χ2n) is 4.19. The fraction of sp³-hybridized carbons (Fsp3) is 0.727. The number of aliphatic hydroxyl groups excluding tert-OH is 1. The number of rotatable bonds is 3. The normalized spacial score (nSPS) is 20.7. The Hall–Kier alpha value is -0.0600. The van der Waals surface area contributed by atoms with Gasteiger partial charge in [-0.05, 0) is 24.5 Å². The molecule has 15 heavy (non-hydrogen) atoms. The van der Waals surface area contributed by atoms with Crippen molar-refractivity contribution in [1.82, 2.24) is 4.98 Å². The van der Waals surface area contributed by atoms with Crippen molar-refractivity contribution in [2.45, 2.75) is 50.2 Å². The molecule has 1 N–H and O–H groups in total. The quantitative estimate of drug-likeness (QED) is 0.885. The lowest BCUT2D eigenvalue weighted by Crippen LogP contribution is -2.06. The summed E-state index contributed by atoms with van der Waals surface area (Å²) in [6.07, 6.45) is 2.79. The molecule has 4 heteroatoms. The van der Waals surface area contributed by atoms with E-state index in [-0.39, 0.29) is 6.10 Å². The van der Waals surface area contributed by atoms with Crippen molar-refractivity contribution >= 4 is 23.1 Å². The number of thioether (sulfide) groups is 1. The maximum Gasteiger partial charge on any atom is 0.103 e. The van der Waals surface area contributed by atoms with E-state index in [1.807, 2.05) is 11.8 Å². The zero-order valence-corrected chi connectivity index (χ0v) is 10.8. The van der Waals surface area contributed by atoms with Crippen molar-refractivity contribution in [2.24, 2.45) is 0 Å². The second kappa shape index (κ2) is 4.85. The largest absolute Gasteiger partial charge is 0.388 e. The van der Waals surface area contributed by atoms with Crippen LogP contribution in [0, 0.1) is 0 Å². The summed E-state index contributed by atoms with van der Waals surface area (Å²) >= 11 is 3.62. The highest BCUT2D eigenvalue weighted by molar-refractivity contribution is 7.99.